The van der Waals surface area contributed by atoms with Crippen LogP contribution in [0.15, 0.2) is 35.7 Å². The summed E-state index contributed by atoms with van der Waals surface area (Å²) in [5.41, 5.74) is 0.649. The molecule has 6 heteroatoms. The summed E-state index contributed by atoms with van der Waals surface area (Å²) in [7, 11) is 1.55. The van der Waals surface area contributed by atoms with Crippen LogP contribution in [0.5, 0.6) is 11.5 Å². The van der Waals surface area contributed by atoms with E-state index in [1.54, 1.807) is 42.8 Å². The third-order valence-electron chi connectivity index (χ3n) is 2.70. The van der Waals surface area contributed by atoms with Gasteiger partial charge in [0.2, 0.25) is 0 Å². The van der Waals surface area contributed by atoms with Crippen LogP contribution >= 0.6 is 11.3 Å². The van der Waals surface area contributed by atoms with E-state index in [0.717, 1.165) is 11.3 Å². The number of methoxy groups -OCH3 is 1. The number of aromatic carboxylic acids is 1. The Kier molecular flexibility index (Phi) is 4.60. The number of thiophene rings is 1. The highest BCUT2D eigenvalue weighted by molar-refractivity contribution is 7.12. The van der Waals surface area contributed by atoms with Crippen molar-refractivity contribution in [3.63, 3.8) is 0 Å². The predicted octanol–water partition coefficient (Wildman–Crippen LogP) is 2.57. The number of carboxylic acids is 1. The van der Waals surface area contributed by atoms with Crippen LogP contribution in [-0.4, -0.2) is 29.9 Å². The summed E-state index contributed by atoms with van der Waals surface area (Å²) >= 11 is 1.09. The molecule has 2 rings (SSSR count). The Balaban J connectivity index is 2.02. The van der Waals surface area contributed by atoms with E-state index >= 15 is 0 Å². The minimum absolute atomic E-state index is 0.0236. The highest BCUT2D eigenvalue weighted by Crippen LogP contribution is 2.26. The molecule has 0 saturated carbocycles. The SMILES string of the molecule is COc1cccc(C(O)COc2ccsc2C(=O)O)c1. The lowest BCUT2D eigenvalue weighted by Crippen LogP contribution is -2.10. The van der Waals surface area contributed by atoms with Crippen molar-refractivity contribution >= 4 is 17.3 Å². The Morgan fingerprint density at radius 2 is 2.20 bits per heavy atom. The number of hydrogen-bond donors (Lipinski definition) is 2. The second-order valence-electron chi connectivity index (χ2n) is 4.02. The minimum Gasteiger partial charge on any atom is -0.497 e. The fourth-order valence-corrected chi connectivity index (χ4v) is 2.35. The van der Waals surface area contributed by atoms with Crippen molar-refractivity contribution in [1.82, 2.24) is 0 Å². The summed E-state index contributed by atoms with van der Waals surface area (Å²) in [4.78, 5) is 11.1. The van der Waals surface area contributed by atoms with E-state index in [1.807, 2.05) is 0 Å². The first-order valence-electron chi connectivity index (χ1n) is 5.87. The Hall–Kier alpha value is -2.05. The van der Waals surface area contributed by atoms with Crippen LogP contribution in [0.2, 0.25) is 0 Å². The molecule has 106 valence electrons. The van der Waals surface area contributed by atoms with E-state index in [-0.39, 0.29) is 17.2 Å². The monoisotopic (exact) mass is 294 g/mol. The fourth-order valence-electron chi connectivity index (χ4n) is 1.68. The van der Waals surface area contributed by atoms with Gasteiger partial charge in [-0.05, 0) is 29.1 Å². The van der Waals surface area contributed by atoms with Crippen molar-refractivity contribution in [3.05, 3.63) is 46.2 Å². The number of carbonyl (C=O) groups is 1. The first-order chi connectivity index (χ1) is 9.61. The molecule has 1 aromatic carbocycles. The molecule has 2 aromatic rings. The molecule has 0 fully saturated rings. The zero-order chi connectivity index (χ0) is 14.5. The van der Waals surface area contributed by atoms with E-state index in [1.165, 1.54) is 0 Å². The number of rotatable bonds is 6. The predicted molar refractivity (Wildman–Crippen MR) is 74.7 cm³/mol. The molecule has 0 spiro atoms. The van der Waals surface area contributed by atoms with Crippen molar-refractivity contribution < 1.29 is 24.5 Å². The van der Waals surface area contributed by atoms with Crippen molar-refractivity contribution in [2.24, 2.45) is 0 Å². The van der Waals surface area contributed by atoms with Gasteiger partial charge < -0.3 is 19.7 Å². The van der Waals surface area contributed by atoms with E-state index in [0.29, 0.717) is 11.3 Å². The van der Waals surface area contributed by atoms with Gasteiger partial charge in [0.05, 0.1) is 7.11 Å². The number of benzene rings is 1. The summed E-state index contributed by atoms with van der Waals surface area (Å²) in [6.45, 7) is -0.0236. The van der Waals surface area contributed by atoms with Gasteiger partial charge in [-0.15, -0.1) is 11.3 Å². The van der Waals surface area contributed by atoms with Crippen molar-refractivity contribution in [3.8, 4) is 11.5 Å². The van der Waals surface area contributed by atoms with Gasteiger partial charge in [0.25, 0.3) is 0 Å². The molecule has 1 atom stereocenters. The van der Waals surface area contributed by atoms with Crippen LogP contribution < -0.4 is 9.47 Å². The molecule has 1 unspecified atom stereocenters. The van der Waals surface area contributed by atoms with Crippen molar-refractivity contribution in [2.75, 3.05) is 13.7 Å². The van der Waals surface area contributed by atoms with Crippen LogP contribution in [0.3, 0.4) is 0 Å². The van der Waals surface area contributed by atoms with Gasteiger partial charge in [0, 0.05) is 0 Å². The van der Waals surface area contributed by atoms with Crippen molar-refractivity contribution in [1.29, 1.82) is 0 Å². The molecule has 5 nitrogen and oxygen atoms in total. The fraction of sp³-hybridized carbons (Fsp3) is 0.214. The number of aliphatic hydroxyl groups is 1. The van der Waals surface area contributed by atoms with Crippen LogP contribution in [0.4, 0.5) is 0 Å². The Morgan fingerprint density at radius 1 is 1.40 bits per heavy atom. The highest BCUT2D eigenvalue weighted by atomic mass is 32.1. The van der Waals surface area contributed by atoms with Gasteiger partial charge in [-0.25, -0.2) is 4.79 Å². The van der Waals surface area contributed by atoms with Gasteiger partial charge in [0.1, 0.15) is 24.2 Å². The van der Waals surface area contributed by atoms with Gasteiger partial charge in [-0.1, -0.05) is 12.1 Å². The largest absolute Gasteiger partial charge is 0.497 e. The first-order valence-corrected chi connectivity index (χ1v) is 6.75. The molecule has 0 aliphatic heterocycles. The smallest absolute Gasteiger partial charge is 0.349 e. The third-order valence-corrected chi connectivity index (χ3v) is 3.58. The van der Waals surface area contributed by atoms with Crippen LogP contribution in [0.25, 0.3) is 0 Å². The lowest BCUT2D eigenvalue weighted by Gasteiger charge is -2.13. The van der Waals surface area contributed by atoms with Gasteiger partial charge in [-0.3, -0.25) is 0 Å². The maximum Gasteiger partial charge on any atom is 0.349 e. The quantitative estimate of drug-likeness (QED) is 0.856. The van der Waals surface area contributed by atoms with E-state index < -0.39 is 12.1 Å². The Bertz CT molecular complexity index is 593. The van der Waals surface area contributed by atoms with E-state index in [2.05, 4.69) is 0 Å². The second-order valence-corrected chi connectivity index (χ2v) is 4.94. The number of ether oxygens (including phenoxy) is 2. The van der Waals surface area contributed by atoms with Crippen molar-refractivity contribution in [2.45, 2.75) is 6.10 Å². The first kappa shape index (κ1) is 14.4. The van der Waals surface area contributed by atoms with Gasteiger partial charge in [0.15, 0.2) is 4.88 Å². The molecule has 1 heterocycles. The molecule has 2 N–H and O–H groups in total. The van der Waals surface area contributed by atoms with Crippen LogP contribution in [-0.2, 0) is 0 Å². The molecule has 1 aromatic heterocycles. The maximum atomic E-state index is 10.9. The zero-order valence-corrected chi connectivity index (χ0v) is 11.6. The molecule has 0 saturated heterocycles. The normalized spacial score (nSPS) is 11.9. The molecule has 0 radical (unpaired) electrons. The van der Waals surface area contributed by atoms with Gasteiger partial charge >= 0.3 is 5.97 Å². The standard InChI is InChI=1S/C14H14O5S/c1-18-10-4-2-3-9(7-10)11(15)8-19-12-5-6-20-13(12)14(16)17/h2-7,11,15H,8H2,1H3,(H,16,17). The molecule has 0 amide bonds. The average molecular weight is 294 g/mol. The summed E-state index contributed by atoms with van der Waals surface area (Å²) in [6.07, 6.45) is -0.855. The molecule has 0 aliphatic carbocycles. The zero-order valence-electron chi connectivity index (χ0n) is 10.8. The summed E-state index contributed by atoms with van der Waals surface area (Å²) in [6, 6.07) is 8.58. The Morgan fingerprint density at radius 3 is 2.90 bits per heavy atom. The van der Waals surface area contributed by atoms with Crippen LogP contribution in [0.1, 0.15) is 21.3 Å². The molecular weight excluding hydrogens is 280 g/mol. The molecule has 20 heavy (non-hydrogen) atoms. The second kappa shape index (κ2) is 6.40. The van der Waals surface area contributed by atoms with E-state index in [4.69, 9.17) is 14.6 Å². The highest BCUT2D eigenvalue weighted by Gasteiger charge is 2.15. The number of hydrogen-bond acceptors (Lipinski definition) is 5. The lowest BCUT2D eigenvalue weighted by molar-refractivity contribution is 0.0689. The number of aliphatic hydroxyl groups excluding tert-OH is 1. The minimum atomic E-state index is -1.04. The number of carboxylic acid groups (broad SMARTS) is 1. The summed E-state index contributed by atoms with van der Waals surface area (Å²) in [5.74, 6) is -0.126. The Labute approximate surface area is 120 Å². The van der Waals surface area contributed by atoms with Crippen LogP contribution in [0, 0.1) is 0 Å². The topological polar surface area (TPSA) is 76.0 Å². The summed E-state index contributed by atoms with van der Waals surface area (Å²) < 4.78 is 10.4. The molecule has 0 bridgehead atoms. The summed E-state index contributed by atoms with van der Waals surface area (Å²) in [5, 5.41) is 20.6. The van der Waals surface area contributed by atoms with Gasteiger partial charge in [-0.2, -0.15) is 0 Å². The molecular formula is C14H14O5S. The maximum absolute atomic E-state index is 10.9. The molecule has 0 aliphatic rings. The average Bonchev–Trinajstić information content (AvgIpc) is 2.93. The third kappa shape index (κ3) is 3.28. The lowest BCUT2D eigenvalue weighted by atomic mass is 10.1. The van der Waals surface area contributed by atoms with E-state index in [9.17, 15) is 9.90 Å².